The van der Waals surface area contributed by atoms with E-state index < -0.39 is 24.4 Å². The number of nitrogens with one attached hydrogen (secondary N) is 1. The summed E-state index contributed by atoms with van der Waals surface area (Å²) >= 11 is 7.88. The highest BCUT2D eigenvalue weighted by molar-refractivity contribution is 14.1. The van der Waals surface area contributed by atoms with Crippen LogP contribution in [0.3, 0.4) is 0 Å². The number of benzene rings is 1. The molecule has 0 aromatic heterocycles. The fourth-order valence-corrected chi connectivity index (χ4v) is 2.68. The topological polar surface area (TPSA) is 38.3 Å². The van der Waals surface area contributed by atoms with E-state index in [1.807, 2.05) is 0 Å². The van der Waals surface area contributed by atoms with Crippen LogP contribution in [-0.2, 0) is 9.53 Å². The number of carbonyl (C=O) groups is 1. The molecular weight excluding hydrogens is 378 g/mol. The molecule has 7 heteroatoms. The lowest BCUT2D eigenvalue weighted by Gasteiger charge is -2.12. The molecule has 1 aliphatic rings. The molecule has 0 aliphatic carbocycles. The summed E-state index contributed by atoms with van der Waals surface area (Å²) in [5.41, 5.74) is 0.770. The molecule has 1 N–H and O–H groups in total. The van der Waals surface area contributed by atoms with E-state index in [0.717, 1.165) is 9.26 Å². The quantitative estimate of drug-likeness (QED) is 0.639. The van der Waals surface area contributed by atoms with Crippen molar-refractivity contribution in [3.8, 4) is 0 Å². The Morgan fingerprint density at radius 3 is 2.83 bits per heavy atom. The number of hydrogen-bond acceptors (Lipinski definition) is 3. The van der Waals surface area contributed by atoms with E-state index in [1.54, 1.807) is 18.2 Å². The summed E-state index contributed by atoms with van der Waals surface area (Å²) in [4.78, 5) is 10.8. The standard InChI is InChI=1S/C11H9ClF2INO2/c12-6-1-2-9(8(15)3-6)16-5-7-4-11(13,14)10(17)18-7/h1-3,7,16H,4-5H2. The third kappa shape index (κ3) is 3.03. The average Bonchev–Trinajstić information content (AvgIpc) is 2.51. The number of esters is 1. The first-order chi connectivity index (χ1) is 8.38. The van der Waals surface area contributed by atoms with Gasteiger partial charge in [-0.25, -0.2) is 4.79 Å². The highest BCUT2D eigenvalue weighted by Crippen LogP contribution is 2.31. The SMILES string of the molecule is O=C1OC(CNc2ccc(Cl)cc2I)CC1(F)F. The van der Waals surface area contributed by atoms with Gasteiger partial charge in [0.25, 0.3) is 0 Å². The molecule has 1 unspecified atom stereocenters. The molecular formula is C11H9ClF2INO2. The number of alkyl halides is 2. The average molecular weight is 388 g/mol. The molecule has 2 rings (SSSR count). The summed E-state index contributed by atoms with van der Waals surface area (Å²) in [6.45, 7) is 0.152. The van der Waals surface area contributed by atoms with Gasteiger partial charge in [0.1, 0.15) is 6.10 Å². The minimum absolute atomic E-state index is 0.152. The first-order valence-electron chi connectivity index (χ1n) is 5.16. The largest absolute Gasteiger partial charge is 0.456 e. The second-order valence-corrected chi connectivity index (χ2v) is 5.54. The van der Waals surface area contributed by atoms with Crippen LogP contribution in [-0.4, -0.2) is 24.5 Å². The lowest BCUT2D eigenvalue weighted by molar-refractivity contribution is -0.158. The minimum atomic E-state index is -3.36. The van der Waals surface area contributed by atoms with E-state index in [2.05, 4.69) is 32.6 Å². The number of cyclic esters (lactones) is 1. The smallest absolute Gasteiger partial charge is 0.377 e. The normalized spacial score (nSPS) is 21.8. The lowest BCUT2D eigenvalue weighted by Crippen LogP contribution is -2.22. The van der Waals surface area contributed by atoms with E-state index >= 15 is 0 Å². The van der Waals surface area contributed by atoms with E-state index in [-0.39, 0.29) is 6.54 Å². The number of ether oxygens (including phenoxy) is 1. The monoisotopic (exact) mass is 387 g/mol. The second kappa shape index (κ2) is 5.16. The van der Waals surface area contributed by atoms with Crippen LogP contribution in [0.25, 0.3) is 0 Å². The molecule has 0 amide bonds. The molecule has 0 spiro atoms. The third-order valence-corrected chi connectivity index (χ3v) is 3.64. The van der Waals surface area contributed by atoms with Crippen molar-refractivity contribution in [2.45, 2.75) is 18.4 Å². The van der Waals surface area contributed by atoms with Crippen LogP contribution in [0, 0.1) is 3.57 Å². The highest BCUT2D eigenvalue weighted by Gasteiger charge is 2.50. The first kappa shape index (κ1) is 13.8. The van der Waals surface area contributed by atoms with E-state index in [9.17, 15) is 13.6 Å². The summed E-state index contributed by atoms with van der Waals surface area (Å²) in [6, 6.07) is 5.19. The van der Waals surface area contributed by atoms with Crippen LogP contribution in [0.2, 0.25) is 5.02 Å². The predicted molar refractivity (Wildman–Crippen MR) is 72.1 cm³/mol. The lowest BCUT2D eigenvalue weighted by atomic mass is 10.2. The molecule has 1 fully saturated rings. The van der Waals surface area contributed by atoms with Gasteiger partial charge in [0.2, 0.25) is 0 Å². The van der Waals surface area contributed by atoms with Crippen LogP contribution in [0.4, 0.5) is 14.5 Å². The van der Waals surface area contributed by atoms with Crippen LogP contribution in [0.5, 0.6) is 0 Å². The summed E-state index contributed by atoms with van der Waals surface area (Å²) in [6.07, 6.45) is -1.39. The first-order valence-corrected chi connectivity index (χ1v) is 6.62. The van der Waals surface area contributed by atoms with Gasteiger partial charge in [0.05, 0.1) is 13.0 Å². The molecule has 0 bridgehead atoms. The number of anilines is 1. The molecule has 1 aromatic rings. The van der Waals surface area contributed by atoms with Crippen LogP contribution in [0.15, 0.2) is 18.2 Å². The van der Waals surface area contributed by atoms with Crippen LogP contribution >= 0.6 is 34.2 Å². The van der Waals surface area contributed by atoms with Gasteiger partial charge in [-0.1, -0.05) is 11.6 Å². The van der Waals surface area contributed by atoms with Crippen molar-refractivity contribution in [1.29, 1.82) is 0 Å². The van der Waals surface area contributed by atoms with Gasteiger partial charge in [-0.3, -0.25) is 0 Å². The zero-order valence-electron chi connectivity index (χ0n) is 9.05. The molecule has 1 atom stereocenters. The molecule has 18 heavy (non-hydrogen) atoms. The number of rotatable bonds is 3. The Hall–Kier alpha value is -0.630. The van der Waals surface area contributed by atoms with E-state index in [0.29, 0.717) is 5.02 Å². The molecule has 98 valence electrons. The zero-order chi connectivity index (χ0) is 13.3. The summed E-state index contributed by atoms with van der Waals surface area (Å²) in [5.74, 6) is -4.81. The molecule has 3 nitrogen and oxygen atoms in total. The fourth-order valence-electron chi connectivity index (χ4n) is 1.62. The van der Waals surface area contributed by atoms with Crippen LogP contribution < -0.4 is 5.32 Å². The van der Waals surface area contributed by atoms with Gasteiger partial charge >= 0.3 is 11.9 Å². The maximum Gasteiger partial charge on any atom is 0.377 e. The maximum absolute atomic E-state index is 12.9. The van der Waals surface area contributed by atoms with Crippen molar-refractivity contribution >= 4 is 45.8 Å². The Bertz CT molecular complexity index is 484. The van der Waals surface area contributed by atoms with Crippen LogP contribution in [0.1, 0.15) is 6.42 Å². The fraction of sp³-hybridized carbons (Fsp3) is 0.364. The Morgan fingerprint density at radius 2 is 2.28 bits per heavy atom. The number of hydrogen-bond donors (Lipinski definition) is 1. The minimum Gasteiger partial charge on any atom is -0.456 e. The molecule has 0 radical (unpaired) electrons. The van der Waals surface area contributed by atoms with Crippen molar-refractivity contribution in [1.82, 2.24) is 0 Å². The Morgan fingerprint density at radius 1 is 1.56 bits per heavy atom. The van der Waals surface area contributed by atoms with Crippen molar-refractivity contribution in [2.75, 3.05) is 11.9 Å². The Kier molecular flexibility index (Phi) is 3.96. The molecule has 1 heterocycles. The number of halogens is 4. The van der Waals surface area contributed by atoms with Crippen molar-refractivity contribution < 1.29 is 18.3 Å². The summed E-state index contributed by atoms with van der Waals surface area (Å²) < 4.78 is 31.3. The molecule has 1 aromatic carbocycles. The third-order valence-electron chi connectivity index (χ3n) is 2.51. The summed E-state index contributed by atoms with van der Waals surface area (Å²) in [7, 11) is 0. The number of carbonyl (C=O) groups excluding carboxylic acids is 1. The molecule has 1 saturated heterocycles. The van der Waals surface area contributed by atoms with Gasteiger partial charge in [-0.15, -0.1) is 0 Å². The highest BCUT2D eigenvalue weighted by atomic mass is 127. The van der Waals surface area contributed by atoms with Crippen molar-refractivity contribution in [2.24, 2.45) is 0 Å². The Labute approximate surface area is 121 Å². The zero-order valence-corrected chi connectivity index (χ0v) is 12.0. The molecule has 1 aliphatic heterocycles. The van der Waals surface area contributed by atoms with Gasteiger partial charge < -0.3 is 10.1 Å². The molecule has 0 saturated carbocycles. The van der Waals surface area contributed by atoms with E-state index in [1.165, 1.54) is 0 Å². The van der Waals surface area contributed by atoms with Crippen molar-refractivity contribution in [3.63, 3.8) is 0 Å². The van der Waals surface area contributed by atoms with E-state index in [4.69, 9.17) is 11.6 Å². The summed E-state index contributed by atoms with van der Waals surface area (Å²) in [5, 5.41) is 3.56. The van der Waals surface area contributed by atoms with Gasteiger partial charge in [-0.05, 0) is 40.8 Å². The van der Waals surface area contributed by atoms with Gasteiger partial charge in [-0.2, -0.15) is 8.78 Å². The van der Waals surface area contributed by atoms with Gasteiger partial charge in [0.15, 0.2) is 0 Å². The second-order valence-electron chi connectivity index (χ2n) is 3.94. The van der Waals surface area contributed by atoms with Crippen molar-refractivity contribution in [3.05, 3.63) is 26.8 Å². The van der Waals surface area contributed by atoms with Gasteiger partial charge in [0, 0.05) is 14.3 Å². The maximum atomic E-state index is 12.9. The Balaban J connectivity index is 1.95. The predicted octanol–water partition coefficient (Wildman–Crippen LogP) is 3.31.